The van der Waals surface area contributed by atoms with Crippen LogP contribution < -0.4 is 5.32 Å². The van der Waals surface area contributed by atoms with Gasteiger partial charge in [-0.1, -0.05) is 19.0 Å². The van der Waals surface area contributed by atoms with Crippen molar-refractivity contribution in [1.29, 1.82) is 0 Å². The first-order valence-electron chi connectivity index (χ1n) is 9.19. The van der Waals surface area contributed by atoms with Crippen LogP contribution in [0, 0.1) is 11.8 Å². The van der Waals surface area contributed by atoms with E-state index in [9.17, 15) is 4.79 Å². The third-order valence-electron chi connectivity index (χ3n) is 4.56. The first kappa shape index (κ1) is 18.4. The molecule has 0 aliphatic carbocycles. The van der Waals surface area contributed by atoms with Crippen LogP contribution in [-0.4, -0.2) is 50.8 Å². The summed E-state index contributed by atoms with van der Waals surface area (Å²) in [5, 5.41) is 14.5. The summed E-state index contributed by atoms with van der Waals surface area (Å²) >= 11 is 0. The molecule has 3 rings (SSSR count). The molecule has 1 saturated heterocycles. The van der Waals surface area contributed by atoms with Crippen LogP contribution in [0.2, 0.25) is 0 Å². The summed E-state index contributed by atoms with van der Waals surface area (Å²) in [5.41, 5.74) is 0.548. The summed E-state index contributed by atoms with van der Waals surface area (Å²) in [5.74, 6) is 2.39. The molecule has 0 saturated carbocycles. The molecule has 3 heterocycles. The van der Waals surface area contributed by atoms with Crippen molar-refractivity contribution in [2.75, 3.05) is 19.6 Å². The zero-order valence-corrected chi connectivity index (χ0v) is 15.4. The van der Waals surface area contributed by atoms with Crippen molar-refractivity contribution in [3.05, 3.63) is 35.7 Å². The normalized spacial score (nSPS) is 16.1. The van der Waals surface area contributed by atoms with E-state index in [-0.39, 0.29) is 5.91 Å². The Labute approximate surface area is 153 Å². The predicted octanol–water partition coefficient (Wildman–Crippen LogP) is 1.70. The molecule has 1 aliphatic heterocycles. The van der Waals surface area contributed by atoms with Crippen molar-refractivity contribution < 1.29 is 9.32 Å². The van der Waals surface area contributed by atoms with Gasteiger partial charge in [0, 0.05) is 13.0 Å². The molecular formula is C18H26N6O2. The minimum absolute atomic E-state index is 0.0909. The van der Waals surface area contributed by atoms with Crippen LogP contribution in [0.15, 0.2) is 23.0 Å². The van der Waals surface area contributed by atoms with Gasteiger partial charge in [-0.3, -0.25) is 9.69 Å². The quantitative estimate of drug-likeness (QED) is 0.804. The van der Waals surface area contributed by atoms with Crippen LogP contribution in [0.5, 0.6) is 0 Å². The van der Waals surface area contributed by atoms with Crippen molar-refractivity contribution in [1.82, 2.24) is 30.6 Å². The van der Waals surface area contributed by atoms with Crippen LogP contribution in [0.1, 0.15) is 48.8 Å². The lowest BCUT2D eigenvalue weighted by Gasteiger charge is -2.31. The predicted molar refractivity (Wildman–Crippen MR) is 95.2 cm³/mol. The Bertz CT molecular complexity index is 695. The largest absolute Gasteiger partial charge is 0.352 e. The highest BCUT2D eigenvalue weighted by atomic mass is 16.5. The summed E-state index contributed by atoms with van der Waals surface area (Å²) in [6, 6.07) is 1.67. The van der Waals surface area contributed by atoms with Crippen molar-refractivity contribution in [2.45, 2.75) is 39.7 Å². The second-order valence-electron chi connectivity index (χ2n) is 7.26. The van der Waals surface area contributed by atoms with Crippen molar-refractivity contribution in [3.63, 3.8) is 0 Å². The zero-order chi connectivity index (χ0) is 18.4. The van der Waals surface area contributed by atoms with Crippen LogP contribution in [-0.2, 0) is 13.0 Å². The van der Waals surface area contributed by atoms with Crippen LogP contribution in [0.4, 0.5) is 0 Å². The monoisotopic (exact) mass is 358 g/mol. The Morgan fingerprint density at radius 1 is 1.35 bits per heavy atom. The van der Waals surface area contributed by atoms with E-state index >= 15 is 0 Å². The van der Waals surface area contributed by atoms with Crippen molar-refractivity contribution in [3.8, 4) is 0 Å². The number of amides is 1. The topological polar surface area (TPSA) is 97.0 Å². The number of aromatic nitrogens is 4. The molecule has 0 radical (unpaired) electrons. The number of carbonyl (C=O) groups excluding carboxylic acids is 1. The van der Waals surface area contributed by atoms with Gasteiger partial charge in [0.2, 0.25) is 5.89 Å². The highest BCUT2D eigenvalue weighted by molar-refractivity contribution is 5.93. The summed E-state index contributed by atoms with van der Waals surface area (Å²) in [6.07, 6.45) is 5.92. The zero-order valence-electron chi connectivity index (χ0n) is 15.4. The average molecular weight is 358 g/mol. The molecule has 1 N–H and O–H groups in total. The average Bonchev–Trinajstić information content (AvgIpc) is 3.07. The van der Waals surface area contributed by atoms with E-state index in [0.29, 0.717) is 23.9 Å². The maximum atomic E-state index is 12.1. The molecule has 0 aromatic carbocycles. The lowest BCUT2D eigenvalue weighted by molar-refractivity contribution is 0.0934. The SMILES string of the molecule is CC(C)Cc1nc(CN2CCC(CNC(=O)c3ccnnc3)CC2)no1. The highest BCUT2D eigenvalue weighted by Gasteiger charge is 2.21. The Kier molecular flexibility index (Phi) is 6.27. The number of nitrogens with one attached hydrogen (secondary N) is 1. The smallest absolute Gasteiger partial charge is 0.252 e. The summed E-state index contributed by atoms with van der Waals surface area (Å²) in [4.78, 5) is 18.9. The van der Waals surface area contributed by atoms with Gasteiger partial charge >= 0.3 is 0 Å². The Balaban J connectivity index is 1.39. The van der Waals surface area contributed by atoms with E-state index < -0.39 is 0 Å². The summed E-state index contributed by atoms with van der Waals surface area (Å²) in [7, 11) is 0. The summed E-state index contributed by atoms with van der Waals surface area (Å²) < 4.78 is 5.30. The molecule has 1 aliphatic rings. The first-order valence-corrected chi connectivity index (χ1v) is 9.19. The third-order valence-corrected chi connectivity index (χ3v) is 4.56. The molecule has 0 unspecified atom stereocenters. The van der Waals surface area contributed by atoms with E-state index in [2.05, 4.69) is 44.4 Å². The maximum absolute atomic E-state index is 12.1. The minimum Gasteiger partial charge on any atom is -0.352 e. The molecule has 0 bridgehead atoms. The van der Waals surface area contributed by atoms with Crippen molar-refractivity contribution >= 4 is 5.91 Å². The number of piperidine rings is 1. The molecule has 2 aromatic rings. The molecule has 26 heavy (non-hydrogen) atoms. The lowest BCUT2D eigenvalue weighted by atomic mass is 9.96. The fourth-order valence-corrected chi connectivity index (χ4v) is 3.10. The van der Waals surface area contributed by atoms with E-state index in [1.165, 1.54) is 12.4 Å². The van der Waals surface area contributed by atoms with Gasteiger partial charge in [-0.25, -0.2) is 0 Å². The first-order chi connectivity index (χ1) is 12.6. The summed E-state index contributed by atoms with van der Waals surface area (Å²) in [6.45, 7) is 7.65. The molecule has 0 atom stereocenters. The molecular weight excluding hydrogens is 332 g/mol. The van der Waals surface area contributed by atoms with E-state index in [4.69, 9.17) is 4.52 Å². The third kappa shape index (κ3) is 5.32. The standard InChI is InChI=1S/C18H26N6O2/c1-13(2)9-17-22-16(23-26-17)12-24-7-4-14(5-8-24)10-19-18(25)15-3-6-20-21-11-15/h3,6,11,13-14H,4-5,7-10,12H2,1-2H3,(H,19,25). The van der Waals surface area contributed by atoms with Gasteiger partial charge in [0.1, 0.15) is 0 Å². The maximum Gasteiger partial charge on any atom is 0.252 e. The molecule has 1 fully saturated rings. The van der Waals surface area contributed by atoms with Crippen LogP contribution in [0.25, 0.3) is 0 Å². The fraction of sp³-hybridized carbons (Fsp3) is 0.611. The minimum atomic E-state index is -0.0909. The Morgan fingerprint density at radius 2 is 2.15 bits per heavy atom. The lowest BCUT2D eigenvalue weighted by Crippen LogP contribution is -2.38. The van der Waals surface area contributed by atoms with Gasteiger partial charge in [0.15, 0.2) is 5.82 Å². The van der Waals surface area contributed by atoms with Crippen LogP contribution in [0.3, 0.4) is 0 Å². The molecule has 8 heteroatoms. The number of rotatable bonds is 7. The number of nitrogens with zero attached hydrogens (tertiary/aromatic N) is 5. The molecule has 2 aromatic heterocycles. The van der Waals surface area contributed by atoms with E-state index in [1.807, 2.05) is 0 Å². The Morgan fingerprint density at radius 3 is 2.85 bits per heavy atom. The van der Waals surface area contributed by atoms with Gasteiger partial charge in [-0.05, 0) is 43.8 Å². The fourth-order valence-electron chi connectivity index (χ4n) is 3.10. The van der Waals surface area contributed by atoms with Crippen LogP contribution >= 0.6 is 0 Å². The van der Waals surface area contributed by atoms with E-state index in [0.717, 1.165) is 50.6 Å². The van der Waals surface area contributed by atoms with Gasteiger partial charge in [0.25, 0.3) is 5.91 Å². The number of carbonyl (C=O) groups is 1. The number of hydrogen-bond donors (Lipinski definition) is 1. The molecule has 1 amide bonds. The van der Waals surface area contributed by atoms with Crippen molar-refractivity contribution in [2.24, 2.45) is 11.8 Å². The van der Waals surface area contributed by atoms with Gasteiger partial charge in [0.05, 0.1) is 24.5 Å². The molecule has 8 nitrogen and oxygen atoms in total. The van der Waals surface area contributed by atoms with E-state index in [1.54, 1.807) is 6.07 Å². The Hall–Kier alpha value is -2.35. The second-order valence-corrected chi connectivity index (χ2v) is 7.26. The molecule has 140 valence electrons. The van der Waals surface area contributed by atoms with Gasteiger partial charge in [-0.2, -0.15) is 15.2 Å². The highest BCUT2D eigenvalue weighted by Crippen LogP contribution is 2.18. The van der Waals surface area contributed by atoms with Gasteiger partial charge in [-0.15, -0.1) is 0 Å². The van der Waals surface area contributed by atoms with Gasteiger partial charge < -0.3 is 9.84 Å². The molecule has 0 spiro atoms. The second kappa shape index (κ2) is 8.84. The number of hydrogen-bond acceptors (Lipinski definition) is 7. The number of likely N-dealkylation sites (tertiary alicyclic amines) is 1.